The Labute approximate surface area is 71.7 Å². The molecule has 2 atom stereocenters. The smallest absolute Gasteiger partial charge is 0.306 e. The molecule has 3 heteroatoms. The molecule has 1 N–H and O–H groups in total. The van der Waals surface area contributed by atoms with Crippen molar-refractivity contribution in [2.75, 3.05) is 6.61 Å². The molecule has 2 rings (SSSR count). The summed E-state index contributed by atoms with van der Waals surface area (Å²) in [7, 11) is 0. The summed E-state index contributed by atoms with van der Waals surface area (Å²) in [6.07, 6.45) is 4.66. The number of hydrogen-bond acceptors (Lipinski definition) is 2. The van der Waals surface area contributed by atoms with Crippen LogP contribution in [-0.4, -0.2) is 23.3 Å². The molecule has 0 unspecified atom stereocenters. The van der Waals surface area contributed by atoms with Crippen LogP contribution in [0.5, 0.6) is 0 Å². The summed E-state index contributed by atoms with van der Waals surface area (Å²) < 4.78 is 5.62. The predicted molar refractivity (Wildman–Crippen MR) is 42.9 cm³/mol. The van der Waals surface area contributed by atoms with E-state index in [9.17, 15) is 4.79 Å². The van der Waals surface area contributed by atoms with E-state index >= 15 is 0 Å². The molecule has 2 aliphatic rings. The van der Waals surface area contributed by atoms with Gasteiger partial charge in [-0.1, -0.05) is 0 Å². The summed E-state index contributed by atoms with van der Waals surface area (Å²) in [5.41, 5.74) is -0.0386. The molecule has 0 bridgehead atoms. The topological polar surface area (TPSA) is 46.5 Å². The maximum atomic E-state index is 10.7. The van der Waals surface area contributed by atoms with E-state index < -0.39 is 5.97 Å². The van der Waals surface area contributed by atoms with Crippen molar-refractivity contribution in [1.29, 1.82) is 0 Å². The van der Waals surface area contributed by atoms with E-state index in [1.54, 1.807) is 0 Å². The first-order valence-electron chi connectivity index (χ1n) is 4.59. The van der Waals surface area contributed by atoms with Crippen molar-refractivity contribution < 1.29 is 14.6 Å². The molecule has 1 saturated carbocycles. The highest BCUT2D eigenvalue weighted by Crippen LogP contribution is 2.43. The zero-order valence-corrected chi connectivity index (χ0v) is 7.08. The molecule has 0 aromatic rings. The van der Waals surface area contributed by atoms with Crippen molar-refractivity contribution in [3.63, 3.8) is 0 Å². The number of carbonyl (C=O) groups is 1. The largest absolute Gasteiger partial charge is 0.481 e. The monoisotopic (exact) mass is 170 g/mol. The molecule has 0 aromatic carbocycles. The van der Waals surface area contributed by atoms with Gasteiger partial charge in [-0.15, -0.1) is 0 Å². The lowest BCUT2D eigenvalue weighted by Crippen LogP contribution is -2.24. The summed E-state index contributed by atoms with van der Waals surface area (Å²) in [6.45, 7) is 0.826. The Morgan fingerprint density at radius 2 is 2.33 bits per heavy atom. The molecule has 1 aliphatic heterocycles. The van der Waals surface area contributed by atoms with Gasteiger partial charge in [0, 0.05) is 6.61 Å². The van der Waals surface area contributed by atoms with Crippen LogP contribution in [0, 0.1) is 5.92 Å². The Morgan fingerprint density at radius 1 is 1.50 bits per heavy atom. The van der Waals surface area contributed by atoms with Gasteiger partial charge in [0.1, 0.15) is 0 Å². The molecule has 12 heavy (non-hydrogen) atoms. The van der Waals surface area contributed by atoms with E-state index in [1.807, 2.05) is 0 Å². The first kappa shape index (κ1) is 8.05. The van der Waals surface area contributed by atoms with Crippen molar-refractivity contribution in [3.8, 4) is 0 Å². The number of carboxylic acids is 1. The van der Waals surface area contributed by atoms with Crippen LogP contribution in [0.2, 0.25) is 0 Å². The Kier molecular flexibility index (Phi) is 1.83. The molecule has 2 fully saturated rings. The second kappa shape index (κ2) is 2.73. The minimum absolute atomic E-state index is 0.0386. The van der Waals surface area contributed by atoms with E-state index in [2.05, 4.69) is 0 Å². The molecular formula is C9H14O3. The van der Waals surface area contributed by atoms with Crippen LogP contribution in [0.15, 0.2) is 0 Å². The van der Waals surface area contributed by atoms with E-state index in [-0.39, 0.29) is 11.5 Å². The average molecular weight is 170 g/mol. The van der Waals surface area contributed by atoms with Gasteiger partial charge in [-0.2, -0.15) is 0 Å². The fourth-order valence-electron chi connectivity index (χ4n) is 2.41. The van der Waals surface area contributed by atoms with E-state index in [1.165, 1.54) is 0 Å². The highest BCUT2D eigenvalue weighted by atomic mass is 16.5. The molecule has 1 heterocycles. The van der Waals surface area contributed by atoms with Crippen molar-refractivity contribution in [2.24, 2.45) is 5.92 Å². The molecule has 1 spiro atoms. The van der Waals surface area contributed by atoms with Gasteiger partial charge in [0.05, 0.1) is 11.5 Å². The second-order valence-electron chi connectivity index (χ2n) is 3.91. The van der Waals surface area contributed by atoms with Crippen LogP contribution >= 0.6 is 0 Å². The van der Waals surface area contributed by atoms with E-state index in [0.29, 0.717) is 0 Å². The molecular weight excluding hydrogens is 156 g/mol. The summed E-state index contributed by atoms with van der Waals surface area (Å²) >= 11 is 0. The maximum Gasteiger partial charge on any atom is 0.306 e. The quantitative estimate of drug-likeness (QED) is 0.647. The normalized spacial score (nSPS) is 40.8. The Bertz CT molecular complexity index is 194. The van der Waals surface area contributed by atoms with Crippen molar-refractivity contribution in [2.45, 2.75) is 37.7 Å². The van der Waals surface area contributed by atoms with Gasteiger partial charge < -0.3 is 9.84 Å². The fourth-order valence-corrected chi connectivity index (χ4v) is 2.41. The molecule has 68 valence electrons. The summed E-state index contributed by atoms with van der Waals surface area (Å²) in [4.78, 5) is 10.7. The fraction of sp³-hybridized carbons (Fsp3) is 0.889. The molecule has 0 aromatic heterocycles. The zero-order chi connectivity index (χ0) is 8.60. The first-order valence-corrected chi connectivity index (χ1v) is 4.59. The molecule has 3 nitrogen and oxygen atoms in total. The van der Waals surface area contributed by atoms with Crippen LogP contribution in [0.3, 0.4) is 0 Å². The first-order chi connectivity index (χ1) is 5.72. The number of hydrogen-bond donors (Lipinski definition) is 1. The van der Waals surface area contributed by atoms with Crippen LogP contribution in [0.1, 0.15) is 32.1 Å². The van der Waals surface area contributed by atoms with Crippen molar-refractivity contribution in [1.82, 2.24) is 0 Å². The molecule has 0 radical (unpaired) electrons. The third-order valence-corrected chi connectivity index (χ3v) is 3.10. The van der Waals surface area contributed by atoms with Gasteiger partial charge in [0.2, 0.25) is 0 Å². The van der Waals surface area contributed by atoms with Gasteiger partial charge in [-0.05, 0) is 32.1 Å². The Balaban J connectivity index is 2.01. The van der Waals surface area contributed by atoms with E-state index in [0.717, 1.165) is 38.7 Å². The van der Waals surface area contributed by atoms with Gasteiger partial charge >= 0.3 is 5.97 Å². The van der Waals surface area contributed by atoms with Gasteiger partial charge in [-0.25, -0.2) is 0 Å². The van der Waals surface area contributed by atoms with Gasteiger partial charge in [-0.3, -0.25) is 4.79 Å². The lowest BCUT2D eigenvalue weighted by Gasteiger charge is -2.21. The third kappa shape index (κ3) is 1.22. The molecule has 1 aliphatic carbocycles. The van der Waals surface area contributed by atoms with Crippen LogP contribution in [0.4, 0.5) is 0 Å². The molecule has 1 saturated heterocycles. The van der Waals surface area contributed by atoms with Gasteiger partial charge in [0.15, 0.2) is 0 Å². The summed E-state index contributed by atoms with van der Waals surface area (Å²) in [5, 5.41) is 8.80. The zero-order valence-electron chi connectivity index (χ0n) is 7.08. The van der Waals surface area contributed by atoms with Crippen LogP contribution in [-0.2, 0) is 9.53 Å². The van der Waals surface area contributed by atoms with Crippen LogP contribution < -0.4 is 0 Å². The lowest BCUT2D eigenvalue weighted by molar-refractivity contribution is -0.142. The maximum absolute atomic E-state index is 10.7. The van der Waals surface area contributed by atoms with Gasteiger partial charge in [0.25, 0.3) is 0 Å². The van der Waals surface area contributed by atoms with Crippen LogP contribution in [0.25, 0.3) is 0 Å². The number of aliphatic carboxylic acids is 1. The summed E-state index contributed by atoms with van der Waals surface area (Å²) in [5.74, 6) is -0.800. The number of rotatable bonds is 1. The minimum atomic E-state index is -0.651. The number of ether oxygens (including phenoxy) is 1. The Morgan fingerprint density at radius 3 is 2.83 bits per heavy atom. The minimum Gasteiger partial charge on any atom is -0.481 e. The lowest BCUT2D eigenvalue weighted by atomic mass is 9.97. The Hall–Kier alpha value is -0.570. The second-order valence-corrected chi connectivity index (χ2v) is 3.91. The molecule has 0 amide bonds. The predicted octanol–water partition coefficient (Wildman–Crippen LogP) is 1.42. The highest BCUT2D eigenvalue weighted by Gasteiger charge is 2.44. The SMILES string of the molecule is O=C(O)[C@@H]1CC[C@]2(CCCO2)C1. The van der Waals surface area contributed by atoms with Crippen molar-refractivity contribution >= 4 is 5.97 Å². The number of carboxylic acid groups (broad SMARTS) is 1. The van der Waals surface area contributed by atoms with E-state index in [4.69, 9.17) is 9.84 Å². The standard InChI is InChI=1S/C9H14O3/c10-8(11)7-2-4-9(6-7)3-1-5-12-9/h7H,1-6H2,(H,10,11)/t7-,9-/m1/s1. The average Bonchev–Trinajstić information content (AvgIpc) is 2.62. The van der Waals surface area contributed by atoms with Crippen molar-refractivity contribution in [3.05, 3.63) is 0 Å². The highest BCUT2D eigenvalue weighted by molar-refractivity contribution is 5.70. The summed E-state index contributed by atoms with van der Waals surface area (Å²) in [6, 6.07) is 0. The third-order valence-electron chi connectivity index (χ3n) is 3.10.